The Morgan fingerprint density at radius 1 is 1.43 bits per heavy atom. The summed E-state index contributed by atoms with van der Waals surface area (Å²) in [6, 6.07) is 9.45. The van der Waals surface area contributed by atoms with Gasteiger partial charge in [0.1, 0.15) is 6.04 Å². The second-order valence-corrected chi connectivity index (χ2v) is 4.69. The molecule has 0 radical (unpaired) electrons. The number of hydrogen-bond acceptors (Lipinski definition) is 4. The molecule has 6 heteroatoms. The molecule has 0 aliphatic carbocycles. The summed E-state index contributed by atoms with van der Waals surface area (Å²) >= 11 is 0. The fourth-order valence-electron chi connectivity index (χ4n) is 2.10. The topological polar surface area (TPSA) is 87.1 Å². The predicted molar refractivity (Wildman–Crippen MR) is 81.9 cm³/mol. The summed E-state index contributed by atoms with van der Waals surface area (Å²) in [5.41, 5.74) is 9.32. The average Bonchev–Trinajstić information content (AvgIpc) is 2.51. The van der Waals surface area contributed by atoms with E-state index < -0.39 is 6.04 Å². The Morgan fingerprint density at radius 3 is 2.76 bits per heavy atom. The number of benzene rings is 1. The lowest BCUT2D eigenvalue weighted by molar-refractivity contribution is -0.146. The number of nitrogens with one attached hydrogen (secondary N) is 1. The summed E-state index contributed by atoms with van der Waals surface area (Å²) in [7, 11) is 0. The summed E-state index contributed by atoms with van der Waals surface area (Å²) in [6.07, 6.45) is 0.682. The molecule has 0 saturated carbocycles. The standard InChI is InChI=1S/C15H22N4O2/c1-3-21-15(20)14(17-10-7-11-18-19-16)12(2)13-8-5-4-6-9-13/h4-6,8-9,12,14,17H,3,7,10-11H2,1-2H3. The third kappa shape index (κ3) is 5.85. The number of carbonyl (C=O) groups excluding carboxylic acids is 1. The maximum Gasteiger partial charge on any atom is 0.323 e. The molecule has 0 spiro atoms. The fourth-order valence-corrected chi connectivity index (χ4v) is 2.10. The van der Waals surface area contributed by atoms with Gasteiger partial charge in [0.05, 0.1) is 6.61 Å². The maximum absolute atomic E-state index is 12.1. The summed E-state index contributed by atoms with van der Waals surface area (Å²) in [5.74, 6) is -0.248. The van der Waals surface area contributed by atoms with Gasteiger partial charge in [-0.05, 0) is 31.0 Å². The number of rotatable bonds is 9. The van der Waals surface area contributed by atoms with Gasteiger partial charge in [0.2, 0.25) is 0 Å². The van der Waals surface area contributed by atoms with Crippen molar-refractivity contribution in [1.82, 2.24) is 5.32 Å². The van der Waals surface area contributed by atoms with E-state index in [-0.39, 0.29) is 11.9 Å². The first-order valence-corrected chi connectivity index (χ1v) is 7.16. The first-order chi connectivity index (χ1) is 10.2. The molecule has 6 nitrogen and oxygen atoms in total. The molecule has 1 N–H and O–H groups in total. The van der Waals surface area contributed by atoms with Crippen molar-refractivity contribution in [3.05, 3.63) is 46.3 Å². The molecule has 1 aromatic carbocycles. The number of ether oxygens (including phenoxy) is 1. The minimum absolute atomic E-state index is 0.00437. The zero-order valence-electron chi connectivity index (χ0n) is 12.5. The van der Waals surface area contributed by atoms with Crippen molar-refractivity contribution in [2.75, 3.05) is 19.7 Å². The van der Waals surface area contributed by atoms with Gasteiger partial charge in [-0.3, -0.25) is 4.79 Å². The Labute approximate surface area is 125 Å². The van der Waals surface area contributed by atoms with Crippen LogP contribution in [0.3, 0.4) is 0 Å². The highest BCUT2D eigenvalue weighted by Crippen LogP contribution is 2.20. The normalized spacial score (nSPS) is 13.0. The molecule has 2 atom stereocenters. The van der Waals surface area contributed by atoms with Gasteiger partial charge in [0, 0.05) is 17.4 Å². The van der Waals surface area contributed by atoms with Gasteiger partial charge in [-0.1, -0.05) is 42.4 Å². The van der Waals surface area contributed by atoms with Crippen LogP contribution in [0.4, 0.5) is 0 Å². The van der Waals surface area contributed by atoms with Crippen molar-refractivity contribution in [3.8, 4) is 0 Å². The summed E-state index contributed by atoms with van der Waals surface area (Å²) in [4.78, 5) is 14.8. The van der Waals surface area contributed by atoms with Gasteiger partial charge in [-0.25, -0.2) is 0 Å². The largest absolute Gasteiger partial charge is 0.465 e. The molecule has 1 aromatic rings. The van der Waals surface area contributed by atoms with Gasteiger partial charge < -0.3 is 10.1 Å². The van der Waals surface area contributed by atoms with Crippen LogP contribution in [0.15, 0.2) is 35.4 Å². The molecule has 0 heterocycles. The molecule has 0 aromatic heterocycles. The lowest BCUT2D eigenvalue weighted by Crippen LogP contribution is -2.42. The maximum atomic E-state index is 12.1. The Morgan fingerprint density at radius 2 is 2.14 bits per heavy atom. The quantitative estimate of drug-likeness (QED) is 0.249. The molecule has 0 amide bonds. The molecular formula is C15H22N4O2. The van der Waals surface area contributed by atoms with Gasteiger partial charge >= 0.3 is 5.97 Å². The zero-order chi connectivity index (χ0) is 15.5. The number of esters is 1. The molecule has 0 saturated heterocycles. The third-order valence-corrected chi connectivity index (χ3v) is 3.23. The van der Waals surface area contributed by atoms with Gasteiger partial charge in [-0.2, -0.15) is 0 Å². The molecule has 0 bridgehead atoms. The molecule has 2 unspecified atom stereocenters. The number of carbonyl (C=O) groups is 1. The van der Waals surface area contributed by atoms with Crippen LogP contribution in [0.5, 0.6) is 0 Å². The molecule has 1 rings (SSSR count). The first kappa shape index (κ1) is 17.0. The highest BCUT2D eigenvalue weighted by molar-refractivity contribution is 5.77. The Bertz CT molecular complexity index is 472. The number of azide groups is 1. The summed E-state index contributed by atoms with van der Waals surface area (Å²) < 4.78 is 5.14. The highest BCUT2D eigenvalue weighted by atomic mass is 16.5. The van der Waals surface area contributed by atoms with E-state index in [0.29, 0.717) is 26.1 Å². The second-order valence-electron chi connectivity index (χ2n) is 4.69. The Hall–Kier alpha value is -2.04. The van der Waals surface area contributed by atoms with Crippen molar-refractivity contribution in [2.45, 2.75) is 32.2 Å². The van der Waals surface area contributed by atoms with E-state index in [1.165, 1.54) is 0 Å². The second kappa shape index (κ2) is 9.80. The van der Waals surface area contributed by atoms with Crippen LogP contribution < -0.4 is 5.32 Å². The average molecular weight is 290 g/mol. The van der Waals surface area contributed by atoms with E-state index >= 15 is 0 Å². The molecule has 0 aliphatic rings. The zero-order valence-corrected chi connectivity index (χ0v) is 12.5. The van der Waals surface area contributed by atoms with Crippen LogP contribution in [-0.4, -0.2) is 31.7 Å². The van der Waals surface area contributed by atoms with Crippen LogP contribution in [0, 0.1) is 0 Å². The van der Waals surface area contributed by atoms with Gasteiger partial charge in [0.15, 0.2) is 0 Å². The SMILES string of the molecule is CCOC(=O)C(NCCCN=[N+]=[N-])C(C)c1ccccc1. The first-order valence-electron chi connectivity index (χ1n) is 7.16. The van der Waals surface area contributed by atoms with Crippen LogP contribution in [0.2, 0.25) is 0 Å². The van der Waals surface area contributed by atoms with Crippen LogP contribution in [0.1, 0.15) is 31.7 Å². The van der Waals surface area contributed by atoms with Crippen LogP contribution in [-0.2, 0) is 9.53 Å². The fraction of sp³-hybridized carbons (Fsp3) is 0.533. The van der Waals surface area contributed by atoms with Crippen LogP contribution >= 0.6 is 0 Å². The van der Waals surface area contributed by atoms with Crippen molar-refractivity contribution >= 4 is 5.97 Å². The lowest BCUT2D eigenvalue weighted by atomic mass is 9.93. The van der Waals surface area contributed by atoms with E-state index in [2.05, 4.69) is 15.3 Å². The minimum Gasteiger partial charge on any atom is -0.465 e. The van der Waals surface area contributed by atoms with Crippen molar-refractivity contribution in [3.63, 3.8) is 0 Å². The third-order valence-electron chi connectivity index (χ3n) is 3.23. The van der Waals surface area contributed by atoms with E-state index in [1.54, 1.807) is 6.92 Å². The highest BCUT2D eigenvalue weighted by Gasteiger charge is 2.26. The van der Waals surface area contributed by atoms with Crippen molar-refractivity contribution < 1.29 is 9.53 Å². The predicted octanol–water partition coefficient (Wildman–Crippen LogP) is 3.01. The van der Waals surface area contributed by atoms with E-state index in [9.17, 15) is 4.79 Å². The molecule has 0 aliphatic heterocycles. The monoisotopic (exact) mass is 290 g/mol. The molecule has 114 valence electrons. The van der Waals surface area contributed by atoms with Crippen LogP contribution in [0.25, 0.3) is 10.4 Å². The molecule has 0 fully saturated rings. The van der Waals surface area contributed by atoms with E-state index in [4.69, 9.17) is 10.3 Å². The summed E-state index contributed by atoms with van der Waals surface area (Å²) in [6.45, 7) is 5.16. The summed E-state index contributed by atoms with van der Waals surface area (Å²) in [5, 5.41) is 6.68. The van der Waals surface area contributed by atoms with Crippen molar-refractivity contribution in [1.29, 1.82) is 0 Å². The van der Waals surface area contributed by atoms with Gasteiger partial charge in [0.25, 0.3) is 0 Å². The lowest BCUT2D eigenvalue weighted by Gasteiger charge is -2.23. The van der Waals surface area contributed by atoms with E-state index in [1.807, 2.05) is 37.3 Å². The minimum atomic E-state index is -0.404. The Balaban J connectivity index is 2.67. The van der Waals surface area contributed by atoms with Gasteiger partial charge in [-0.15, -0.1) is 0 Å². The van der Waals surface area contributed by atoms with Crippen molar-refractivity contribution in [2.24, 2.45) is 5.11 Å². The number of nitrogens with zero attached hydrogens (tertiary/aromatic N) is 3. The Kier molecular flexibility index (Phi) is 7.94. The molecular weight excluding hydrogens is 268 g/mol. The molecule has 21 heavy (non-hydrogen) atoms. The van der Waals surface area contributed by atoms with E-state index in [0.717, 1.165) is 5.56 Å². The smallest absolute Gasteiger partial charge is 0.323 e. The number of hydrogen-bond donors (Lipinski definition) is 1.